The van der Waals surface area contributed by atoms with Crippen LogP contribution >= 0.6 is 11.8 Å². The van der Waals surface area contributed by atoms with Crippen molar-refractivity contribution in [3.05, 3.63) is 23.4 Å². The van der Waals surface area contributed by atoms with Gasteiger partial charge < -0.3 is 5.73 Å². The Hall–Kier alpha value is -0.540. The lowest BCUT2D eigenvalue weighted by Gasteiger charge is -2.17. The molecule has 2 nitrogen and oxygen atoms in total. The van der Waals surface area contributed by atoms with E-state index in [4.69, 9.17) is 5.73 Å². The molecule has 0 radical (unpaired) electrons. The van der Waals surface area contributed by atoms with Gasteiger partial charge in [-0.1, -0.05) is 26.8 Å². The van der Waals surface area contributed by atoms with Gasteiger partial charge in [0.15, 0.2) is 0 Å². The maximum Gasteiger partial charge on any atom is 0.0968 e. The highest BCUT2D eigenvalue weighted by molar-refractivity contribution is 8.00. The fourth-order valence-electron chi connectivity index (χ4n) is 1.15. The van der Waals surface area contributed by atoms with Gasteiger partial charge in [-0.3, -0.25) is 0 Å². The number of hydrogen-bond donors (Lipinski definition) is 1. The predicted octanol–water partition coefficient (Wildman–Crippen LogP) is 2.74. The summed E-state index contributed by atoms with van der Waals surface area (Å²) in [5.41, 5.74) is 7.75. The molecule has 1 rings (SSSR count). The zero-order valence-electron chi connectivity index (χ0n) is 9.29. The molecule has 0 bridgehead atoms. The summed E-state index contributed by atoms with van der Waals surface area (Å²) in [6.45, 7) is 9.14. The minimum Gasteiger partial charge on any atom is -0.326 e. The van der Waals surface area contributed by atoms with Crippen molar-refractivity contribution in [2.45, 2.75) is 44.0 Å². The molecule has 0 saturated heterocycles. The quantitative estimate of drug-likeness (QED) is 0.763. The van der Waals surface area contributed by atoms with Crippen molar-refractivity contribution in [2.75, 3.05) is 0 Å². The molecule has 0 saturated carbocycles. The third-order valence-electron chi connectivity index (χ3n) is 1.80. The number of aromatic nitrogens is 1. The maximum absolute atomic E-state index is 5.58. The van der Waals surface area contributed by atoms with Gasteiger partial charge in [0.25, 0.3) is 0 Å². The first-order chi connectivity index (χ1) is 6.42. The van der Waals surface area contributed by atoms with Crippen LogP contribution in [0, 0.1) is 6.92 Å². The topological polar surface area (TPSA) is 38.9 Å². The number of rotatable bonds is 2. The molecule has 0 aliphatic heterocycles. The molecule has 2 N–H and O–H groups in total. The Bertz CT molecular complexity index is 316. The number of nitrogens with zero attached hydrogens (tertiary/aromatic N) is 1. The molecular weight excluding hydrogens is 192 g/mol. The molecule has 1 aromatic rings. The van der Waals surface area contributed by atoms with E-state index in [1.807, 2.05) is 13.0 Å². The number of hydrogen-bond acceptors (Lipinski definition) is 3. The predicted molar refractivity (Wildman–Crippen MR) is 62.5 cm³/mol. The van der Waals surface area contributed by atoms with Crippen molar-refractivity contribution in [1.82, 2.24) is 4.98 Å². The zero-order chi connectivity index (χ0) is 10.8. The van der Waals surface area contributed by atoms with E-state index in [1.165, 1.54) is 0 Å². The van der Waals surface area contributed by atoms with Gasteiger partial charge in [0.2, 0.25) is 0 Å². The molecule has 78 valence electrons. The lowest BCUT2D eigenvalue weighted by molar-refractivity contribution is 0.797. The lowest BCUT2D eigenvalue weighted by Crippen LogP contribution is -2.08. The Morgan fingerprint density at radius 1 is 1.36 bits per heavy atom. The third-order valence-corrected chi connectivity index (χ3v) is 2.85. The van der Waals surface area contributed by atoms with Crippen LogP contribution in [0.3, 0.4) is 0 Å². The van der Waals surface area contributed by atoms with E-state index >= 15 is 0 Å². The minimum absolute atomic E-state index is 0.212. The number of pyridine rings is 1. The standard InChI is InChI=1S/C11H18N2S/c1-8-9(7-12)5-6-10(13-8)14-11(2,3)4/h5-6H,7,12H2,1-4H3. The first-order valence-corrected chi connectivity index (χ1v) is 5.59. The van der Waals surface area contributed by atoms with Gasteiger partial charge >= 0.3 is 0 Å². The summed E-state index contributed by atoms with van der Waals surface area (Å²) in [5.74, 6) is 0. The monoisotopic (exact) mass is 210 g/mol. The molecule has 0 aliphatic rings. The van der Waals surface area contributed by atoms with Crippen LogP contribution in [0.1, 0.15) is 32.0 Å². The van der Waals surface area contributed by atoms with Crippen LogP contribution in [0.15, 0.2) is 17.2 Å². The molecule has 0 fully saturated rings. The van der Waals surface area contributed by atoms with Crippen molar-refractivity contribution >= 4 is 11.8 Å². The van der Waals surface area contributed by atoms with Crippen LogP contribution in [0.5, 0.6) is 0 Å². The van der Waals surface area contributed by atoms with Crippen LogP contribution in [0.25, 0.3) is 0 Å². The van der Waals surface area contributed by atoms with Crippen molar-refractivity contribution in [3.63, 3.8) is 0 Å². The first-order valence-electron chi connectivity index (χ1n) is 4.78. The molecule has 0 unspecified atom stereocenters. The molecule has 3 heteroatoms. The molecule has 1 heterocycles. The second kappa shape index (κ2) is 4.32. The van der Waals surface area contributed by atoms with E-state index in [1.54, 1.807) is 11.8 Å². The molecule has 14 heavy (non-hydrogen) atoms. The number of nitrogens with two attached hydrogens (primary N) is 1. The molecule has 1 aromatic heterocycles. The van der Waals surface area contributed by atoms with Gasteiger partial charge in [-0.25, -0.2) is 4.98 Å². The van der Waals surface area contributed by atoms with Gasteiger partial charge in [0, 0.05) is 17.0 Å². The third kappa shape index (κ3) is 3.31. The van der Waals surface area contributed by atoms with Gasteiger partial charge in [-0.2, -0.15) is 0 Å². The largest absolute Gasteiger partial charge is 0.326 e. The van der Waals surface area contributed by atoms with Crippen molar-refractivity contribution in [1.29, 1.82) is 0 Å². The van der Waals surface area contributed by atoms with Gasteiger partial charge in [-0.15, -0.1) is 11.8 Å². The highest BCUT2D eigenvalue weighted by Gasteiger charge is 2.13. The average Bonchev–Trinajstić information content (AvgIpc) is 2.01. The van der Waals surface area contributed by atoms with Gasteiger partial charge in [-0.05, 0) is 18.6 Å². The SMILES string of the molecule is Cc1nc(SC(C)(C)C)ccc1CN. The molecule has 0 atom stereocenters. The van der Waals surface area contributed by atoms with Crippen molar-refractivity contribution in [3.8, 4) is 0 Å². The summed E-state index contributed by atoms with van der Waals surface area (Å²) in [6, 6.07) is 4.11. The summed E-state index contributed by atoms with van der Waals surface area (Å²) in [5, 5.41) is 1.08. The lowest BCUT2D eigenvalue weighted by atomic mass is 10.2. The van der Waals surface area contributed by atoms with Gasteiger partial charge in [0.05, 0.1) is 5.03 Å². The van der Waals surface area contributed by atoms with E-state index in [0.717, 1.165) is 16.3 Å². The Kier molecular flexibility index (Phi) is 3.56. The van der Waals surface area contributed by atoms with Crippen LogP contribution in [0.4, 0.5) is 0 Å². The number of aryl methyl sites for hydroxylation is 1. The Morgan fingerprint density at radius 3 is 2.43 bits per heavy atom. The molecule has 0 aromatic carbocycles. The van der Waals surface area contributed by atoms with E-state index < -0.39 is 0 Å². The second-order valence-corrected chi connectivity index (χ2v) is 6.16. The fourth-order valence-corrected chi connectivity index (χ4v) is 2.10. The smallest absolute Gasteiger partial charge is 0.0968 e. The summed E-state index contributed by atoms with van der Waals surface area (Å²) in [7, 11) is 0. The van der Waals surface area contributed by atoms with Crippen LogP contribution in [-0.4, -0.2) is 9.73 Å². The number of thioether (sulfide) groups is 1. The normalized spacial score (nSPS) is 11.8. The maximum atomic E-state index is 5.58. The zero-order valence-corrected chi connectivity index (χ0v) is 10.1. The average molecular weight is 210 g/mol. The fraction of sp³-hybridized carbons (Fsp3) is 0.545. The minimum atomic E-state index is 0.212. The Labute approximate surface area is 90.3 Å². The second-order valence-electron chi connectivity index (χ2n) is 4.31. The van der Waals surface area contributed by atoms with E-state index in [9.17, 15) is 0 Å². The summed E-state index contributed by atoms with van der Waals surface area (Å²) < 4.78 is 0.212. The van der Waals surface area contributed by atoms with E-state index in [2.05, 4.69) is 31.8 Å². The van der Waals surface area contributed by atoms with E-state index in [0.29, 0.717) is 6.54 Å². The Morgan fingerprint density at radius 2 is 2.00 bits per heavy atom. The van der Waals surface area contributed by atoms with Crippen molar-refractivity contribution in [2.24, 2.45) is 5.73 Å². The molecular formula is C11H18N2S. The van der Waals surface area contributed by atoms with Crippen LogP contribution in [0.2, 0.25) is 0 Å². The summed E-state index contributed by atoms with van der Waals surface area (Å²) >= 11 is 1.78. The molecule has 0 spiro atoms. The van der Waals surface area contributed by atoms with E-state index in [-0.39, 0.29) is 4.75 Å². The van der Waals surface area contributed by atoms with Crippen molar-refractivity contribution < 1.29 is 0 Å². The van der Waals surface area contributed by atoms with Gasteiger partial charge in [0.1, 0.15) is 0 Å². The first kappa shape index (κ1) is 11.5. The summed E-state index contributed by atoms with van der Waals surface area (Å²) in [4.78, 5) is 4.51. The summed E-state index contributed by atoms with van der Waals surface area (Å²) in [6.07, 6.45) is 0. The molecule has 0 aliphatic carbocycles. The Balaban J connectivity index is 2.87. The highest BCUT2D eigenvalue weighted by atomic mass is 32.2. The molecule has 0 amide bonds. The van der Waals surface area contributed by atoms with Crippen LogP contribution in [-0.2, 0) is 6.54 Å². The highest BCUT2D eigenvalue weighted by Crippen LogP contribution is 2.30. The van der Waals surface area contributed by atoms with Crippen LogP contribution < -0.4 is 5.73 Å².